The second-order valence-corrected chi connectivity index (χ2v) is 5.69. The fourth-order valence-corrected chi connectivity index (χ4v) is 2.43. The lowest BCUT2D eigenvalue weighted by atomic mass is 10.2. The fourth-order valence-electron chi connectivity index (χ4n) is 2.05. The maximum absolute atomic E-state index is 12.1. The van der Waals surface area contributed by atoms with Crippen LogP contribution in [0.15, 0.2) is 23.0 Å². The monoisotopic (exact) mass is 337 g/mol. The van der Waals surface area contributed by atoms with E-state index in [1.807, 2.05) is 12.1 Å². The van der Waals surface area contributed by atoms with Crippen LogP contribution in [0, 0.1) is 13.8 Å². The summed E-state index contributed by atoms with van der Waals surface area (Å²) in [5, 5.41) is 6.94. The van der Waals surface area contributed by atoms with Crippen LogP contribution in [0.1, 0.15) is 16.8 Å². The van der Waals surface area contributed by atoms with Crippen molar-refractivity contribution in [2.45, 2.75) is 20.4 Å². The number of nitrogens with one attached hydrogen (secondary N) is 2. The van der Waals surface area contributed by atoms with Crippen LogP contribution < -0.4 is 10.9 Å². The summed E-state index contributed by atoms with van der Waals surface area (Å²) in [4.78, 5) is 20.6. The second-order valence-electron chi connectivity index (χ2n) is 4.90. The molecule has 8 heteroatoms. The van der Waals surface area contributed by atoms with E-state index in [1.54, 1.807) is 19.9 Å². The molecule has 2 N–H and O–H groups in total. The van der Waals surface area contributed by atoms with E-state index in [9.17, 15) is 4.79 Å². The number of nitrogens with zero attached hydrogens (tertiary/aromatic N) is 3. The summed E-state index contributed by atoms with van der Waals surface area (Å²) in [6.07, 6.45) is 0. The van der Waals surface area contributed by atoms with E-state index in [0.29, 0.717) is 39.6 Å². The first-order valence-electron chi connectivity index (χ1n) is 6.60. The van der Waals surface area contributed by atoms with Gasteiger partial charge in [-0.3, -0.25) is 9.89 Å². The highest BCUT2D eigenvalue weighted by Gasteiger charge is 2.10. The van der Waals surface area contributed by atoms with Crippen molar-refractivity contribution in [3.05, 3.63) is 55.4 Å². The predicted octanol–water partition coefficient (Wildman–Crippen LogP) is 2.95. The van der Waals surface area contributed by atoms with Gasteiger partial charge in [-0.2, -0.15) is 9.50 Å². The van der Waals surface area contributed by atoms with E-state index in [2.05, 4.69) is 20.4 Å². The molecule has 0 aliphatic heterocycles. The van der Waals surface area contributed by atoms with E-state index in [-0.39, 0.29) is 5.56 Å². The van der Waals surface area contributed by atoms with Gasteiger partial charge in [0.2, 0.25) is 5.95 Å². The summed E-state index contributed by atoms with van der Waals surface area (Å²) in [5.41, 5.74) is 1.93. The average Bonchev–Trinajstić information content (AvgIpc) is 2.89. The molecule has 0 aliphatic carbocycles. The van der Waals surface area contributed by atoms with Crippen molar-refractivity contribution >= 4 is 34.9 Å². The van der Waals surface area contributed by atoms with Crippen molar-refractivity contribution in [1.82, 2.24) is 19.6 Å². The quantitative estimate of drug-likeness (QED) is 0.770. The molecule has 0 aliphatic rings. The third-order valence-corrected chi connectivity index (χ3v) is 4.30. The molecule has 0 spiro atoms. The second kappa shape index (κ2) is 5.62. The Morgan fingerprint density at radius 3 is 2.82 bits per heavy atom. The molecule has 0 saturated heterocycles. The van der Waals surface area contributed by atoms with Gasteiger partial charge in [-0.15, -0.1) is 0 Å². The van der Waals surface area contributed by atoms with Gasteiger partial charge in [-0.25, -0.2) is 4.98 Å². The molecular weight excluding hydrogens is 325 g/mol. The average molecular weight is 338 g/mol. The molecule has 3 aromatic rings. The number of halogens is 2. The van der Waals surface area contributed by atoms with Gasteiger partial charge < -0.3 is 5.32 Å². The lowest BCUT2D eigenvalue weighted by Gasteiger charge is -2.06. The number of hydrogen-bond acceptors (Lipinski definition) is 4. The number of aryl methyl sites for hydroxylation is 1. The Bertz CT molecular complexity index is 915. The molecule has 0 amide bonds. The first-order chi connectivity index (χ1) is 10.5. The number of aromatic nitrogens is 4. The number of aromatic amines is 1. The molecule has 2 aromatic heterocycles. The fraction of sp³-hybridized carbons (Fsp3) is 0.214. The summed E-state index contributed by atoms with van der Waals surface area (Å²) < 4.78 is 1.31. The summed E-state index contributed by atoms with van der Waals surface area (Å²) in [7, 11) is 0. The number of H-pyrrole nitrogens is 1. The van der Waals surface area contributed by atoms with Crippen LogP contribution in [0.3, 0.4) is 0 Å². The van der Waals surface area contributed by atoms with E-state index in [1.165, 1.54) is 4.52 Å². The molecule has 0 radical (unpaired) electrons. The molecule has 1 aromatic carbocycles. The van der Waals surface area contributed by atoms with Gasteiger partial charge in [-0.1, -0.05) is 35.3 Å². The zero-order valence-electron chi connectivity index (χ0n) is 11.9. The number of hydrogen-bond donors (Lipinski definition) is 2. The van der Waals surface area contributed by atoms with Gasteiger partial charge in [0.1, 0.15) is 0 Å². The Kier molecular flexibility index (Phi) is 3.80. The Hall–Kier alpha value is -2.05. The number of benzene rings is 1. The number of rotatable bonds is 3. The molecule has 0 unspecified atom stereocenters. The molecule has 0 saturated carbocycles. The zero-order valence-corrected chi connectivity index (χ0v) is 13.5. The van der Waals surface area contributed by atoms with Crippen LogP contribution in [0.2, 0.25) is 10.0 Å². The predicted molar refractivity (Wildman–Crippen MR) is 86.9 cm³/mol. The first kappa shape index (κ1) is 14.9. The van der Waals surface area contributed by atoms with Crippen LogP contribution in [0.5, 0.6) is 0 Å². The highest BCUT2D eigenvalue weighted by molar-refractivity contribution is 6.42. The van der Waals surface area contributed by atoms with E-state index in [4.69, 9.17) is 23.2 Å². The SMILES string of the molecule is Cc1nc2nc(NCc3cccc(Cl)c3Cl)[nH]n2c(=O)c1C. The number of anilines is 1. The lowest BCUT2D eigenvalue weighted by molar-refractivity contribution is 0.870. The van der Waals surface area contributed by atoms with Gasteiger partial charge in [0.05, 0.1) is 10.0 Å². The summed E-state index contributed by atoms with van der Waals surface area (Å²) >= 11 is 12.1. The molecule has 0 bridgehead atoms. The standard InChI is InChI=1S/C14H13Cl2N5O/c1-7-8(2)18-14-19-13(20-21(14)12(7)22)17-6-9-4-3-5-10(15)11(9)16/h3-5H,6H2,1-2H3,(H2,17,18,19,20). The lowest BCUT2D eigenvalue weighted by Crippen LogP contribution is -2.19. The van der Waals surface area contributed by atoms with Crippen molar-refractivity contribution in [2.24, 2.45) is 0 Å². The first-order valence-corrected chi connectivity index (χ1v) is 7.35. The normalized spacial score (nSPS) is 11.1. The molecule has 2 heterocycles. The molecule has 0 fully saturated rings. The van der Waals surface area contributed by atoms with Crippen molar-refractivity contribution in [3.63, 3.8) is 0 Å². The largest absolute Gasteiger partial charge is 0.350 e. The third kappa shape index (κ3) is 2.55. The molecule has 6 nitrogen and oxygen atoms in total. The smallest absolute Gasteiger partial charge is 0.277 e. The molecule has 114 valence electrons. The van der Waals surface area contributed by atoms with Gasteiger partial charge in [0, 0.05) is 17.8 Å². The van der Waals surface area contributed by atoms with Gasteiger partial charge in [-0.05, 0) is 25.5 Å². The summed E-state index contributed by atoms with van der Waals surface area (Å²) in [6, 6.07) is 5.41. The number of fused-ring (bicyclic) bond motifs is 1. The van der Waals surface area contributed by atoms with Crippen LogP contribution >= 0.6 is 23.2 Å². The van der Waals surface area contributed by atoms with Crippen LogP contribution in [-0.2, 0) is 6.54 Å². The van der Waals surface area contributed by atoms with Gasteiger partial charge in [0.15, 0.2) is 0 Å². The Balaban J connectivity index is 1.90. The minimum absolute atomic E-state index is 0.163. The summed E-state index contributed by atoms with van der Waals surface area (Å²) in [5.74, 6) is 0.762. The topological polar surface area (TPSA) is 75.1 Å². The van der Waals surface area contributed by atoms with E-state index < -0.39 is 0 Å². The van der Waals surface area contributed by atoms with Crippen molar-refractivity contribution in [2.75, 3.05) is 5.32 Å². The Morgan fingerprint density at radius 1 is 1.27 bits per heavy atom. The van der Waals surface area contributed by atoms with Crippen molar-refractivity contribution < 1.29 is 0 Å². The van der Waals surface area contributed by atoms with Gasteiger partial charge in [0.25, 0.3) is 11.3 Å². The maximum Gasteiger partial charge on any atom is 0.277 e. The van der Waals surface area contributed by atoms with E-state index >= 15 is 0 Å². The Labute approximate surface area is 136 Å². The zero-order chi connectivity index (χ0) is 15.9. The summed E-state index contributed by atoms with van der Waals surface area (Å²) in [6.45, 7) is 3.94. The van der Waals surface area contributed by atoms with Crippen molar-refractivity contribution in [3.8, 4) is 0 Å². The van der Waals surface area contributed by atoms with Gasteiger partial charge >= 0.3 is 0 Å². The van der Waals surface area contributed by atoms with Crippen molar-refractivity contribution in [1.29, 1.82) is 0 Å². The van der Waals surface area contributed by atoms with E-state index in [0.717, 1.165) is 5.56 Å². The molecule has 0 atom stereocenters. The Morgan fingerprint density at radius 2 is 2.05 bits per heavy atom. The minimum Gasteiger partial charge on any atom is -0.350 e. The maximum atomic E-state index is 12.1. The van der Waals surface area contributed by atoms with Crippen LogP contribution in [-0.4, -0.2) is 19.6 Å². The highest BCUT2D eigenvalue weighted by atomic mass is 35.5. The molecular formula is C14H13Cl2N5O. The molecule has 22 heavy (non-hydrogen) atoms. The van der Waals surface area contributed by atoms with Crippen LogP contribution in [0.4, 0.5) is 5.95 Å². The molecule has 3 rings (SSSR count). The highest BCUT2D eigenvalue weighted by Crippen LogP contribution is 2.25. The van der Waals surface area contributed by atoms with Crippen LogP contribution in [0.25, 0.3) is 5.78 Å². The third-order valence-electron chi connectivity index (χ3n) is 3.44. The minimum atomic E-state index is -0.163.